The summed E-state index contributed by atoms with van der Waals surface area (Å²) in [7, 11) is 3.17. The number of anilines is 2. The number of aromatic nitrogens is 2. The Morgan fingerprint density at radius 2 is 1.67 bits per heavy atom. The topological polar surface area (TPSA) is 89.3 Å². The molecular formula is C23H24N4O3. The first-order chi connectivity index (χ1) is 14.3. The second-order valence-corrected chi connectivity index (χ2v) is 7.50. The summed E-state index contributed by atoms with van der Waals surface area (Å²) in [5.41, 5.74) is 2.31. The summed E-state index contributed by atoms with van der Waals surface area (Å²) in [6, 6.07) is 14.9. The molecule has 0 atom stereocenters. The van der Waals surface area contributed by atoms with Gasteiger partial charge >= 0.3 is 0 Å². The average molecular weight is 404 g/mol. The van der Waals surface area contributed by atoms with Crippen LogP contribution in [0.25, 0.3) is 11.3 Å². The van der Waals surface area contributed by atoms with Gasteiger partial charge in [-0.3, -0.25) is 0 Å². The molecule has 154 valence electrons. The summed E-state index contributed by atoms with van der Waals surface area (Å²) < 4.78 is 16.5. The molecule has 3 aromatic rings. The van der Waals surface area contributed by atoms with E-state index in [1.165, 1.54) is 0 Å². The van der Waals surface area contributed by atoms with Gasteiger partial charge in [0.1, 0.15) is 17.4 Å². The highest BCUT2D eigenvalue weighted by molar-refractivity contribution is 5.66. The zero-order valence-electron chi connectivity index (χ0n) is 17.7. The van der Waals surface area contributed by atoms with Gasteiger partial charge < -0.3 is 19.5 Å². The van der Waals surface area contributed by atoms with Gasteiger partial charge in [0.25, 0.3) is 0 Å². The van der Waals surface area contributed by atoms with Crippen LogP contribution >= 0.6 is 0 Å². The van der Waals surface area contributed by atoms with Crippen molar-refractivity contribution in [3.8, 4) is 34.6 Å². The van der Waals surface area contributed by atoms with E-state index in [-0.39, 0.29) is 0 Å². The lowest BCUT2D eigenvalue weighted by Gasteiger charge is -2.22. The number of ether oxygens (including phenoxy) is 3. The van der Waals surface area contributed by atoms with Gasteiger partial charge in [-0.25, -0.2) is 9.97 Å². The number of hydrogen-bond donors (Lipinski definition) is 1. The fourth-order valence-corrected chi connectivity index (χ4v) is 2.82. The first kappa shape index (κ1) is 20.9. The molecule has 3 rings (SSSR count). The van der Waals surface area contributed by atoms with E-state index < -0.39 is 5.60 Å². The van der Waals surface area contributed by atoms with Crippen molar-refractivity contribution in [1.82, 2.24) is 9.97 Å². The van der Waals surface area contributed by atoms with Gasteiger partial charge in [0, 0.05) is 23.5 Å². The molecule has 30 heavy (non-hydrogen) atoms. The van der Waals surface area contributed by atoms with Gasteiger partial charge in [-0.1, -0.05) is 0 Å². The van der Waals surface area contributed by atoms with Crippen LogP contribution in [0.4, 0.5) is 11.6 Å². The zero-order valence-corrected chi connectivity index (χ0v) is 17.7. The third kappa shape index (κ3) is 4.97. The number of methoxy groups -OCH3 is 2. The third-order valence-electron chi connectivity index (χ3n) is 4.11. The SMILES string of the molecule is COc1ccc(Nc2nccc(-c3ccc(OC(C)(C)C)c(C#N)c3)n2)cc1OC. The molecule has 0 fully saturated rings. The third-order valence-corrected chi connectivity index (χ3v) is 4.11. The Morgan fingerprint density at radius 1 is 0.933 bits per heavy atom. The van der Waals surface area contributed by atoms with Crippen molar-refractivity contribution in [3.05, 3.63) is 54.2 Å². The fraction of sp³-hybridized carbons (Fsp3) is 0.261. The summed E-state index contributed by atoms with van der Waals surface area (Å²) >= 11 is 0. The standard InChI is InChI=1S/C23H24N4O3/c1-23(2,3)30-19-8-6-15(12-16(19)14-24)18-10-11-25-22(27-18)26-17-7-9-20(28-4)21(13-17)29-5/h6-13H,1-5H3,(H,25,26,27). The highest BCUT2D eigenvalue weighted by Gasteiger charge is 2.16. The van der Waals surface area contributed by atoms with Gasteiger partial charge in [0.2, 0.25) is 5.95 Å². The van der Waals surface area contributed by atoms with E-state index in [0.717, 1.165) is 11.3 Å². The zero-order chi connectivity index (χ0) is 21.7. The minimum Gasteiger partial charge on any atom is -0.493 e. The molecule has 1 heterocycles. The van der Waals surface area contributed by atoms with Crippen molar-refractivity contribution in [3.63, 3.8) is 0 Å². The number of nitriles is 1. The Labute approximate surface area is 176 Å². The van der Waals surface area contributed by atoms with E-state index in [9.17, 15) is 5.26 Å². The maximum Gasteiger partial charge on any atom is 0.227 e. The maximum atomic E-state index is 9.53. The quantitative estimate of drug-likeness (QED) is 0.621. The van der Waals surface area contributed by atoms with Gasteiger partial charge in [0.15, 0.2) is 11.5 Å². The van der Waals surface area contributed by atoms with Crippen LogP contribution in [0.15, 0.2) is 48.7 Å². The summed E-state index contributed by atoms with van der Waals surface area (Å²) in [6.45, 7) is 5.83. The fourth-order valence-electron chi connectivity index (χ4n) is 2.82. The number of benzene rings is 2. The van der Waals surface area contributed by atoms with E-state index in [4.69, 9.17) is 14.2 Å². The van der Waals surface area contributed by atoms with E-state index in [2.05, 4.69) is 21.4 Å². The smallest absolute Gasteiger partial charge is 0.227 e. The molecule has 0 spiro atoms. The molecule has 7 heteroatoms. The molecule has 0 bridgehead atoms. The first-order valence-corrected chi connectivity index (χ1v) is 9.38. The summed E-state index contributed by atoms with van der Waals surface area (Å²) in [5.74, 6) is 2.21. The largest absolute Gasteiger partial charge is 0.493 e. The Morgan fingerprint density at radius 3 is 2.33 bits per heavy atom. The summed E-state index contributed by atoms with van der Waals surface area (Å²) in [5, 5.41) is 12.7. The second kappa shape index (κ2) is 8.70. The number of nitrogens with one attached hydrogen (secondary N) is 1. The molecule has 0 aliphatic rings. The second-order valence-electron chi connectivity index (χ2n) is 7.50. The van der Waals surface area contributed by atoms with Crippen molar-refractivity contribution >= 4 is 11.6 Å². The van der Waals surface area contributed by atoms with Crippen molar-refractivity contribution < 1.29 is 14.2 Å². The van der Waals surface area contributed by atoms with Crippen LogP contribution < -0.4 is 19.5 Å². The minimum atomic E-state index is -0.390. The van der Waals surface area contributed by atoms with Crippen LogP contribution in [0.2, 0.25) is 0 Å². The first-order valence-electron chi connectivity index (χ1n) is 9.38. The highest BCUT2D eigenvalue weighted by atomic mass is 16.5. The molecule has 0 aliphatic carbocycles. The molecule has 0 radical (unpaired) electrons. The summed E-state index contributed by atoms with van der Waals surface area (Å²) in [4.78, 5) is 8.85. The van der Waals surface area contributed by atoms with Gasteiger partial charge in [-0.2, -0.15) is 5.26 Å². The van der Waals surface area contributed by atoms with Gasteiger partial charge in [0.05, 0.1) is 25.5 Å². The molecule has 0 aliphatic heterocycles. The molecule has 0 saturated carbocycles. The monoisotopic (exact) mass is 404 g/mol. The van der Waals surface area contributed by atoms with Crippen LogP contribution in [0.3, 0.4) is 0 Å². The van der Waals surface area contributed by atoms with Crippen LogP contribution in [-0.4, -0.2) is 29.8 Å². The maximum absolute atomic E-state index is 9.53. The van der Waals surface area contributed by atoms with Crippen LogP contribution in [0.5, 0.6) is 17.2 Å². The Bertz CT molecular complexity index is 1080. The van der Waals surface area contributed by atoms with Crippen molar-refractivity contribution in [2.45, 2.75) is 26.4 Å². The Balaban J connectivity index is 1.88. The van der Waals surface area contributed by atoms with Gasteiger partial charge in [-0.05, 0) is 57.2 Å². The van der Waals surface area contributed by atoms with Crippen molar-refractivity contribution in [2.24, 2.45) is 0 Å². The number of hydrogen-bond acceptors (Lipinski definition) is 7. The van der Waals surface area contributed by atoms with Crippen LogP contribution in [0.1, 0.15) is 26.3 Å². The van der Waals surface area contributed by atoms with Crippen LogP contribution in [0, 0.1) is 11.3 Å². The predicted octanol–water partition coefficient (Wildman–Crippen LogP) is 4.95. The lowest BCUT2D eigenvalue weighted by molar-refractivity contribution is 0.130. The average Bonchev–Trinajstić information content (AvgIpc) is 2.73. The Kier molecular flexibility index (Phi) is 6.07. The van der Waals surface area contributed by atoms with Gasteiger partial charge in [-0.15, -0.1) is 0 Å². The Hall–Kier alpha value is -3.79. The number of rotatable bonds is 6. The minimum absolute atomic E-state index is 0.390. The van der Waals surface area contributed by atoms with E-state index >= 15 is 0 Å². The van der Waals surface area contributed by atoms with E-state index in [1.54, 1.807) is 50.7 Å². The van der Waals surface area contributed by atoms with Crippen molar-refractivity contribution in [2.75, 3.05) is 19.5 Å². The van der Waals surface area contributed by atoms with Crippen molar-refractivity contribution in [1.29, 1.82) is 5.26 Å². The number of nitrogens with zero attached hydrogens (tertiary/aromatic N) is 3. The highest BCUT2D eigenvalue weighted by Crippen LogP contribution is 2.31. The molecule has 0 amide bonds. The molecule has 0 unspecified atom stereocenters. The molecule has 7 nitrogen and oxygen atoms in total. The lowest BCUT2D eigenvalue weighted by Crippen LogP contribution is -2.23. The normalized spacial score (nSPS) is 10.8. The molecule has 2 aromatic carbocycles. The molecule has 1 aromatic heterocycles. The predicted molar refractivity (Wildman–Crippen MR) is 115 cm³/mol. The summed E-state index contributed by atoms with van der Waals surface area (Å²) in [6.07, 6.45) is 1.66. The lowest BCUT2D eigenvalue weighted by atomic mass is 10.1. The molecular weight excluding hydrogens is 380 g/mol. The van der Waals surface area contributed by atoms with E-state index in [0.29, 0.717) is 34.5 Å². The van der Waals surface area contributed by atoms with E-state index in [1.807, 2.05) is 32.9 Å². The molecule has 1 N–H and O–H groups in total. The molecule has 0 saturated heterocycles. The van der Waals surface area contributed by atoms with Crippen LogP contribution in [-0.2, 0) is 0 Å².